The zero-order valence-electron chi connectivity index (χ0n) is 17.3. The van der Waals surface area contributed by atoms with E-state index in [9.17, 15) is 14.7 Å². The number of ketones is 1. The molecule has 33 heavy (non-hydrogen) atoms. The Morgan fingerprint density at radius 3 is 2.42 bits per heavy atom. The normalized spacial score (nSPS) is 11.1. The lowest BCUT2D eigenvalue weighted by Crippen LogP contribution is -2.24. The smallest absolute Gasteiger partial charge is 0.270 e. The van der Waals surface area contributed by atoms with Crippen LogP contribution in [-0.4, -0.2) is 26.8 Å². The molecule has 3 N–H and O–H groups in total. The number of aromatic amines is 1. The van der Waals surface area contributed by atoms with Crippen LogP contribution in [0.3, 0.4) is 0 Å². The van der Waals surface area contributed by atoms with Crippen molar-refractivity contribution in [3.63, 3.8) is 0 Å². The lowest BCUT2D eigenvalue weighted by molar-refractivity contribution is 0.0946. The minimum atomic E-state index is -0.389. The number of phenols is 1. The third-order valence-electron chi connectivity index (χ3n) is 5.44. The Bertz CT molecular complexity index is 1510. The van der Waals surface area contributed by atoms with Crippen LogP contribution in [0, 0.1) is 0 Å². The van der Waals surface area contributed by atoms with Gasteiger partial charge in [0.2, 0.25) is 5.78 Å². The Labute approximate surface area is 197 Å². The van der Waals surface area contributed by atoms with Gasteiger partial charge in [0.05, 0.1) is 5.52 Å². The number of fused-ring (bicyclic) bond motifs is 3. The van der Waals surface area contributed by atoms with E-state index in [1.165, 1.54) is 0 Å². The second-order valence-electron chi connectivity index (χ2n) is 7.63. The van der Waals surface area contributed by atoms with Gasteiger partial charge >= 0.3 is 0 Å². The molecule has 0 aliphatic carbocycles. The summed E-state index contributed by atoms with van der Waals surface area (Å²) in [6.07, 6.45) is 0. The first kappa shape index (κ1) is 20.9. The number of hydrogen-bond acceptors (Lipinski definition) is 4. The summed E-state index contributed by atoms with van der Waals surface area (Å²) < 4.78 is 0.866. The molecule has 0 aliphatic heterocycles. The third kappa shape index (κ3) is 4.10. The number of aromatic nitrogens is 2. The Morgan fingerprint density at radius 2 is 1.67 bits per heavy atom. The summed E-state index contributed by atoms with van der Waals surface area (Å²) in [6, 6.07) is 23.0. The number of H-pyrrole nitrogens is 1. The van der Waals surface area contributed by atoms with Crippen LogP contribution in [0.15, 0.2) is 83.3 Å². The molecule has 0 saturated heterocycles. The predicted molar refractivity (Wildman–Crippen MR) is 130 cm³/mol. The monoisotopic (exact) mass is 499 g/mol. The summed E-state index contributed by atoms with van der Waals surface area (Å²) >= 11 is 3.39. The number of para-hydroxylation sites is 1. The minimum Gasteiger partial charge on any atom is -0.508 e. The highest BCUT2D eigenvalue weighted by atomic mass is 79.9. The quantitative estimate of drug-likeness (QED) is 0.284. The molecule has 0 radical (unpaired) electrons. The van der Waals surface area contributed by atoms with Crippen LogP contribution in [0.2, 0.25) is 0 Å². The first-order valence-electron chi connectivity index (χ1n) is 10.3. The fourth-order valence-electron chi connectivity index (χ4n) is 3.75. The highest BCUT2D eigenvalue weighted by molar-refractivity contribution is 9.10. The number of carbonyl (C=O) groups excluding carboxylic acids is 2. The van der Waals surface area contributed by atoms with Gasteiger partial charge in [-0.3, -0.25) is 9.59 Å². The molecule has 1 amide bonds. The van der Waals surface area contributed by atoms with Crippen molar-refractivity contribution in [2.45, 2.75) is 6.54 Å². The van der Waals surface area contributed by atoms with E-state index in [1.54, 1.807) is 54.6 Å². The molecule has 7 heteroatoms. The van der Waals surface area contributed by atoms with E-state index < -0.39 is 0 Å². The molecule has 5 aromatic rings. The number of phenolic OH excluding ortho intramolecular Hbond substituents is 1. The van der Waals surface area contributed by atoms with Gasteiger partial charge in [-0.05, 0) is 54.1 Å². The fourth-order valence-corrected chi connectivity index (χ4v) is 4.02. The van der Waals surface area contributed by atoms with E-state index in [2.05, 4.69) is 31.2 Å². The average Bonchev–Trinajstić information content (AvgIpc) is 3.21. The highest BCUT2D eigenvalue weighted by Gasteiger charge is 2.21. The number of nitrogens with one attached hydrogen (secondary N) is 2. The molecule has 0 aliphatic rings. The summed E-state index contributed by atoms with van der Waals surface area (Å²) in [5.41, 5.74) is 3.13. The van der Waals surface area contributed by atoms with Crippen LogP contribution in [0.4, 0.5) is 0 Å². The molecule has 0 fully saturated rings. The minimum absolute atomic E-state index is 0.159. The van der Waals surface area contributed by atoms with Gasteiger partial charge in [-0.25, -0.2) is 4.98 Å². The number of pyridine rings is 1. The van der Waals surface area contributed by atoms with Crippen molar-refractivity contribution in [2.75, 3.05) is 0 Å². The lowest BCUT2D eigenvalue weighted by Gasteiger charge is -2.08. The Kier molecular flexibility index (Phi) is 5.40. The van der Waals surface area contributed by atoms with Gasteiger partial charge in [0.15, 0.2) is 0 Å². The second-order valence-corrected chi connectivity index (χ2v) is 8.55. The lowest BCUT2D eigenvalue weighted by atomic mass is 10.0. The van der Waals surface area contributed by atoms with Gasteiger partial charge in [0.25, 0.3) is 5.91 Å². The molecular weight excluding hydrogens is 482 g/mol. The van der Waals surface area contributed by atoms with Gasteiger partial charge in [-0.1, -0.05) is 46.3 Å². The van der Waals surface area contributed by atoms with Gasteiger partial charge in [-0.2, -0.15) is 0 Å². The summed E-state index contributed by atoms with van der Waals surface area (Å²) in [5, 5.41) is 13.9. The number of aromatic hydroxyl groups is 1. The van der Waals surface area contributed by atoms with Crippen molar-refractivity contribution in [3.8, 4) is 5.75 Å². The SMILES string of the molecule is O=C(NCc1ccc(O)cc1)c1cc2c([nH]c3ccccc32)c(C(=O)c2ccc(Br)cc2)n1. The maximum Gasteiger partial charge on any atom is 0.270 e. The number of hydrogen-bond donors (Lipinski definition) is 3. The Hall–Kier alpha value is -3.97. The van der Waals surface area contributed by atoms with Gasteiger partial charge in [-0.15, -0.1) is 0 Å². The summed E-state index contributed by atoms with van der Waals surface area (Å²) in [4.78, 5) is 34.1. The molecule has 5 rings (SSSR count). The van der Waals surface area contributed by atoms with E-state index in [-0.39, 0.29) is 35.4 Å². The molecule has 0 saturated carbocycles. The van der Waals surface area contributed by atoms with Crippen molar-refractivity contribution >= 4 is 49.4 Å². The Morgan fingerprint density at radius 1 is 0.939 bits per heavy atom. The van der Waals surface area contributed by atoms with E-state index >= 15 is 0 Å². The van der Waals surface area contributed by atoms with Gasteiger partial charge < -0.3 is 15.4 Å². The standard InChI is InChI=1S/C26H18BrN3O3/c27-17-9-7-16(8-10-17)25(32)24-23-20(19-3-1-2-4-21(19)29-23)13-22(30-24)26(33)28-14-15-5-11-18(31)12-6-15/h1-13,29,31H,14H2,(H,28,33). The summed E-state index contributed by atoms with van der Waals surface area (Å²) in [6.45, 7) is 0.267. The first-order valence-corrected chi connectivity index (χ1v) is 11.1. The Balaban J connectivity index is 1.57. The molecule has 0 unspecified atom stereocenters. The molecule has 3 aromatic carbocycles. The highest BCUT2D eigenvalue weighted by Crippen LogP contribution is 2.29. The van der Waals surface area contributed by atoms with E-state index in [4.69, 9.17) is 0 Å². The fraction of sp³-hybridized carbons (Fsp3) is 0.0385. The molecule has 6 nitrogen and oxygen atoms in total. The van der Waals surface area contributed by atoms with Crippen LogP contribution in [0.5, 0.6) is 5.75 Å². The number of amides is 1. The third-order valence-corrected chi connectivity index (χ3v) is 5.97. The molecule has 0 spiro atoms. The number of nitrogens with zero attached hydrogens (tertiary/aromatic N) is 1. The average molecular weight is 500 g/mol. The molecule has 2 heterocycles. The van der Waals surface area contributed by atoms with Crippen LogP contribution in [0.25, 0.3) is 21.8 Å². The predicted octanol–water partition coefficient (Wildman–Crippen LogP) is 5.35. The molecule has 162 valence electrons. The van der Waals surface area contributed by atoms with Gasteiger partial charge in [0, 0.05) is 32.9 Å². The molecule has 2 aromatic heterocycles. The zero-order valence-corrected chi connectivity index (χ0v) is 18.9. The van der Waals surface area contributed by atoms with E-state index in [0.717, 1.165) is 26.3 Å². The molecular formula is C26H18BrN3O3. The number of rotatable bonds is 5. The molecule has 0 atom stereocenters. The molecule has 0 bridgehead atoms. The van der Waals surface area contributed by atoms with Crippen molar-refractivity contribution in [2.24, 2.45) is 0 Å². The second kappa shape index (κ2) is 8.52. The number of halogens is 1. The van der Waals surface area contributed by atoms with Crippen molar-refractivity contribution in [1.29, 1.82) is 0 Å². The van der Waals surface area contributed by atoms with Crippen LogP contribution < -0.4 is 5.32 Å². The van der Waals surface area contributed by atoms with Crippen molar-refractivity contribution in [3.05, 3.63) is 106 Å². The maximum absolute atomic E-state index is 13.4. The summed E-state index contributed by atoms with van der Waals surface area (Å²) in [7, 11) is 0. The van der Waals surface area contributed by atoms with E-state index in [1.807, 2.05) is 24.3 Å². The number of carbonyl (C=O) groups is 2. The van der Waals surface area contributed by atoms with Crippen molar-refractivity contribution in [1.82, 2.24) is 15.3 Å². The van der Waals surface area contributed by atoms with Gasteiger partial charge in [0.1, 0.15) is 17.1 Å². The topological polar surface area (TPSA) is 95.1 Å². The van der Waals surface area contributed by atoms with Crippen LogP contribution in [-0.2, 0) is 6.54 Å². The van der Waals surface area contributed by atoms with Crippen molar-refractivity contribution < 1.29 is 14.7 Å². The van der Waals surface area contributed by atoms with E-state index in [0.29, 0.717) is 11.1 Å². The summed E-state index contributed by atoms with van der Waals surface area (Å²) in [5.74, 6) is -0.500. The van der Waals surface area contributed by atoms with Crippen LogP contribution in [0.1, 0.15) is 32.1 Å². The number of benzene rings is 3. The maximum atomic E-state index is 13.4. The van der Waals surface area contributed by atoms with Crippen LogP contribution >= 0.6 is 15.9 Å². The largest absolute Gasteiger partial charge is 0.508 e. The first-order chi connectivity index (χ1) is 16.0. The zero-order chi connectivity index (χ0) is 22.9.